The fourth-order valence-electron chi connectivity index (χ4n) is 5.80. The van der Waals surface area contributed by atoms with Crippen LogP contribution >= 0.6 is 45.3 Å². The molecule has 0 bridgehead atoms. The number of aryl methyl sites for hydroxylation is 2. The fraction of sp³-hybridized carbons (Fsp3) is 0.0625. The SMILES string of the molecule is Cc1ccc2c(c1)sc1cc3c(cc12)sc1cc2c(cc13)sc1cc3c(cc12)sc1cc(C)ccc13. The molecular formula is C32H18S4. The number of benzene rings is 5. The first-order chi connectivity index (χ1) is 17.6. The maximum absolute atomic E-state index is 2.45. The first-order valence-electron chi connectivity index (χ1n) is 12.1. The van der Waals surface area contributed by atoms with Gasteiger partial charge in [0.15, 0.2) is 0 Å². The average molecular weight is 531 g/mol. The van der Waals surface area contributed by atoms with Crippen LogP contribution in [0.25, 0.3) is 80.7 Å². The Labute approximate surface area is 222 Å². The number of fused-ring (bicyclic) bond motifs is 12. The molecule has 4 aromatic heterocycles. The van der Waals surface area contributed by atoms with Crippen molar-refractivity contribution >= 4 is 126 Å². The zero-order valence-electron chi connectivity index (χ0n) is 19.6. The molecule has 0 fully saturated rings. The normalized spacial score (nSPS) is 12.7. The predicted molar refractivity (Wildman–Crippen MR) is 167 cm³/mol. The van der Waals surface area contributed by atoms with Crippen LogP contribution in [0.3, 0.4) is 0 Å². The van der Waals surface area contributed by atoms with Gasteiger partial charge in [-0.3, -0.25) is 0 Å². The van der Waals surface area contributed by atoms with Gasteiger partial charge in [-0.2, -0.15) is 0 Å². The Morgan fingerprint density at radius 3 is 0.861 bits per heavy atom. The van der Waals surface area contributed by atoms with E-state index in [0.29, 0.717) is 0 Å². The molecule has 0 atom stereocenters. The molecule has 0 nitrogen and oxygen atoms in total. The van der Waals surface area contributed by atoms with Crippen LogP contribution in [0.2, 0.25) is 0 Å². The summed E-state index contributed by atoms with van der Waals surface area (Å²) in [6.07, 6.45) is 0. The third-order valence-electron chi connectivity index (χ3n) is 7.56. The van der Waals surface area contributed by atoms with Gasteiger partial charge in [-0.15, -0.1) is 45.3 Å². The minimum Gasteiger partial charge on any atom is -0.135 e. The molecule has 0 aliphatic rings. The van der Waals surface area contributed by atoms with Gasteiger partial charge in [-0.1, -0.05) is 24.3 Å². The van der Waals surface area contributed by atoms with Crippen molar-refractivity contribution in [1.29, 1.82) is 0 Å². The van der Waals surface area contributed by atoms with Gasteiger partial charge < -0.3 is 0 Å². The van der Waals surface area contributed by atoms with Crippen molar-refractivity contribution in [1.82, 2.24) is 0 Å². The Morgan fingerprint density at radius 2 is 0.556 bits per heavy atom. The first kappa shape index (κ1) is 20.1. The molecule has 0 saturated carbocycles. The molecule has 0 unspecified atom stereocenters. The Balaban J connectivity index is 1.33. The van der Waals surface area contributed by atoms with Crippen LogP contribution in [-0.2, 0) is 0 Å². The van der Waals surface area contributed by atoms with Gasteiger partial charge >= 0.3 is 0 Å². The van der Waals surface area contributed by atoms with Crippen molar-refractivity contribution in [2.24, 2.45) is 0 Å². The molecule has 4 heterocycles. The van der Waals surface area contributed by atoms with E-state index < -0.39 is 0 Å². The van der Waals surface area contributed by atoms with Gasteiger partial charge in [0.2, 0.25) is 0 Å². The molecular weight excluding hydrogens is 513 g/mol. The van der Waals surface area contributed by atoms with Gasteiger partial charge in [0.25, 0.3) is 0 Å². The molecule has 170 valence electrons. The van der Waals surface area contributed by atoms with Crippen molar-refractivity contribution in [2.45, 2.75) is 13.8 Å². The Hall–Kier alpha value is -3.02. The van der Waals surface area contributed by atoms with E-state index in [4.69, 9.17) is 0 Å². The molecule has 9 rings (SSSR count). The lowest BCUT2D eigenvalue weighted by Gasteiger charge is -1.96. The van der Waals surface area contributed by atoms with Crippen LogP contribution < -0.4 is 0 Å². The molecule has 36 heavy (non-hydrogen) atoms. The lowest BCUT2D eigenvalue weighted by molar-refractivity contribution is 1.52. The minimum absolute atomic E-state index is 1.33. The topological polar surface area (TPSA) is 0 Å². The monoisotopic (exact) mass is 530 g/mol. The van der Waals surface area contributed by atoms with Gasteiger partial charge in [-0.05, 0) is 73.5 Å². The number of rotatable bonds is 0. The molecule has 0 saturated heterocycles. The Bertz CT molecular complexity index is 2220. The van der Waals surface area contributed by atoms with Gasteiger partial charge in [-0.25, -0.2) is 0 Å². The van der Waals surface area contributed by atoms with Crippen LogP contribution in [-0.4, -0.2) is 0 Å². The summed E-state index contributed by atoms with van der Waals surface area (Å²) < 4.78 is 11.1. The van der Waals surface area contributed by atoms with Crippen molar-refractivity contribution in [3.05, 3.63) is 83.9 Å². The van der Waals surface area contributed by atoms with Crippen LogP contribution in [0.1, 0.15) is 11.1 Å². The van der Waals surface area contributed by atoms with Crippen LogP contribution in [0.4, 0.5) is 0 Å². The second-order valence-electron chi connectivity index (χ2n) is 9.94. The summed E-state index contributed by atoms with van der Waals surface area (Å²) in [6, 6.07) is 28.3. The van der Waals surface area contributed by atoms with Gasteiger partial charge in [0, 0.05) is 80.7 Å². The highest BCUT2D eigenvalue weighted by molar-refractivity contribution is 7.29. The summed E-state index contributed by atoms with van der Waals surface area (Å²) in [5.41, 5.74) is 2.66. The predicted octanol–water partition coefficient (Wildman–Crippen LogP) is 11.8. The maximum atomic E-state index is 2.45. The van der Waals surface area contributed by atoms with E-state index in [2.05, 4.69) is 86.6 Å². The number of hydrogen-bond donors (Lipinski definition) is 0. The van der Waals surface area contributed by atoms with E-state index in [1.165, 1.54) is 91.8 Å². The summed E-state index contributed by atoms with van der Waals surface area (Å²) in [5, 5.41) is 11.1. The van der Waals surface area contributed by atoms with Crippen molar-refractivity contribution in [3.63, 3.8) is 0 Å². The quantitative estimate of drug-likeness (QED) is 0.183. The molecule has 4 heteroatoms. The van der Waals surface area contributed by atoms with E-state index in [-0.39, 0.29) is 0 Å². The van der Waals surface area contributed by atoms with Crippen LogP contribution in [0.5, 0.6) is 0 Å². The van der Waals surface area contributed by atoms with E-state index >= 15 is 0 Å². The Morgan fingerprint density at radius 1 is 0.306 bits per heavy atom. The lowest BCUT2D eigenvalue weighted by atomic mass is 10.1. The molecule has 0 N–H and O–H groups in total. The minimum atomic E-state index is 1.33. The maximum Gasteiger partial charge on any atom is 0.0362 e. The van der Waals surface area contributed by atoms with Gasteiger partial charge in [0.1, 0.15) is 0 Å². The highest BCUT2D eigenvalue weighted by atomic mass is 32.1. The summed E-state index contributed by atoms with van der Waals surface area (Å²) in [4.78, 5) is 0. The van der Waals surface area contributed by atoms with E-state index in [0.717, 1.165) is 0 Å². The zero-order valence-corrected chi connectivity index (χ0v) is 22.8. The standard InChI is InChI=1S/C32H18S4/c1-15-3-5-17-19-9-29-21(11-27(19)33-25(17)7-15)23-13-32-24(14-31(23)35-29)22-12-28-20(10-30(22)36-32)18-6-4-16(2)8-26(18)34-28/h3-14H,1-2H3. The third-order valence-corrected chi connectivity index (χ3v) is 12.0. The largest absolute Gasteiger partial charge is 0.135 e. The molecule has 0 aliphatic heterocycles. The van der Waals surface area contributed by atoms with E-state index in [9.17, 15) is 0 Å². The summed E-state index contributed by atoms with van der Waals surface area (Å²) in [6.45, 7) is 4.36. The smallest absolute Gasteiger partial charge is 0.0362 e. The second kappa shape index (κ2) is 6.84. The van der Waals surface area contributed by atoms with Crippen molar-refractivity contribution in [2.75, 3.05) is 0 Å². The number of thiophene rings is 4. The molecule has 9 aromatic rings. The lowest BCUT2D eigenvalue weighted by Crippen LogP contribution is -1.71. The first-order valence-corrected chi connectivity index (χ1v) is 15.3. The zero-order chi connectivity index (χ0) is 23.7. The summed E-state index contributed by atoms with van der Waals surface area (Å²) >= 11 is 7.72. The molecule has 0 radical (unpaired) electrons. The summed E-state index contributed by atoms with van der Waals surface area (Å²) in [5.74, 6) is 0. The second-order valence-corrected chi connectivity index (χ2v) is 14.3. The molecule has 5 aromatic carbocycles. The average Bonchev–Trinajstić information content (AvgIpc) is 3.58. The van der Waals surface area contributed by atoms with E-state index in [1.54, 1.807) is 0 Å². The highest BCUT2D eigenvalue weighted by Crippen LogP contribution is 2.46. The number of hydrogen-bond acceptors (Lipinski definition) is 4. The van der Waals surface area contributed by atoms with Crippen molar-refractivity contribution < 1.29 is 0 Å². The van der Waals surface area contributed by atoms with Gasteiger partial charge in [0.05, 0.1) is 0 Å². The molecule has 0 amide bonds. The van der Waals surface area contributed by atoms with Crippen molar-refractivity contribution in [3.8, 4) is 0 Å². The highest BCUT2D eigenvalue weighted by Gasteiger charge is 2.15. The van der Waals surface area contributed by atoms with E-state index in [1.807, 2.05) is 45.3 Å². The summed E-state index contributed by atoms with van der Waals surface area (Å²) in [7, 11) is 0. The Kier molecular flexibility index (Phi) is 3.82. The fourth-order valence-corrected chi connectivity index (χ4v) is 10.5. The van der Waals surface area contributed by atoms with Crippen LogP contribution in [0.15, 0.2) is 72.8 Å². The molecule has 0 spiro atoms. The third kappa shape index (κ3) is 2.63. The van der Waals surface area contributed by atoms with Crippen LogP contribution in [0, 0.1) is 13.8 Å². The molecule has 0 aliphatic carbocycles.